The molecule has 2 aliphatic rings. The van der Waals surface area contributed by atoms with E-state index in [4.69, 9.17) is 11.6 Å². The molecule has 2 aromatic rings. The Kier molecular flexibility index (Phi) is 4.43. The van der Waals surface area contributed by atoms with E-state index in [-0.39, 0.29) is 29.6 Å². The van der Waals surface area contributed by atoms with E-state index in [0.29, 0.717) is 11.6 Å². The number of amides is 2. The van der Waals surface area contributed by atoms with Gasteiger partial charge in [0.1, 0.15) is 0 Å². The average Bonchev–Trinajstić information content (AvgIpc) is 2.98. The third-order valence-corrected chi connectivity index (χ3v) is 7.14. The number of sulfone groups is 1. The first kappa shape index (κ1) is 18.3. The molecule has 0 saturated carbocycles. The summed E-state index contributed by atoms with van der Waals surface area (Å²) in [7, 11) is -3.19. The van der Waals surface area contributed by atoms with Crippen molar-refractivity contribution in [3.63, 3.8) is 0 Å². The van der Waals surface area contributed by atoms with Gasteiger partial charge in [0.2, 0.25) is 0 Å². The average molecular weight is 405 g/mol. The molecule has 0 radical (unpaired) electrons. The van der Waals surface area contributed by atoms with E-state index in [1.165, 1.54) is 0 Å². The molecule has 0 N–H and O–H groups in total. The maximum atomic E-state index is 13.3. The number of anilines is 1. The number of fused-ring (bicyclic) bond motifs is 1. The quantitative estimate of drug-likeness (QED) is 0.735. The molecule has 2 saturated heterocycles. The number of carbonyl (C=O) groups excluding carboxylic acids is 1. The van der Waals surface area contributed by atoms with Gasteiger partial charge in [-0.05, 0) is 54.8 Å². The number of halogens is 1. The van der Waals surface area contributed by atoms with Crippen LogP contribution in [0.3, 0.4) is 0 Å². The Morgan fingerprint density at radius 3 is 2.37 bits per heavy atom. The summed E-state index contributed by atoms with van der Waals surface area (Å²) in [5, 5.41) is 0.598. The fraction of sp³-hybridized carbons (Fsp3) is 0.350. The van der Waals surface area contributed by atoms with Gasteiger partial charge in [0.05, 0.1) is 23.6 Å². The molecule has 2 atom stereocenters. The van der Waals surface area contributed by atoms with Gasteiger partial charge in [-0.1, -0.05) is 29.8 Å². The van der Waals surface area contributed by atoms with Crippen molar-refractivity contribution in [2.75, 3.05) is 16.4 Å². The lowest BCUT2D eigenvalue weighted by atomic mass is 10.1. The van der Waals surface area contributed by atoms with E-state index in [1.807, 2.05) is 50.2 Å². The molecule has 0 spiro atoms. The molecule has 142 valence electrons. The zero-order chi connectivity index (χ0) is 19.3. The molecule has 5 nitrogen and oxygen atoms in total. The molecular weight excluding hydrogens is 384 g/mol. The topological polar surface area (TPSA) is 57.7 Å². The largest absolute Gasteiger partial charge is 0.325 e. The molecule has 0 bridgehead atoms. The van der Waals surface area contributed by atoms with E-state index in [1.54, 1.807) is 15.9 Å². The number of hydrogen-bond donors (Lipinski definition) is 0. The number of urea groups is 1. The maximum absolute atomic E-state index is 13.3. The minimum Gasteiger partial charge on any atom is -0.314 e. The normalized spacial score (nSPS) is 23.7. The summed E-state index contributed by atoms with van der Waals surface area (Å²) < 4.78 is 24.7. The number of hydrogen-bond acceptors (Lipinski definition) is 3. The third kappa shape index (κ3) is 3.44. The molecule has 7 heteroatoms. The van der Waals surface area contributed by atoms with Crippen molar-refractivity contribution in [3.8, 4) is 0 Å². The van der Waals surface area contributed by atoms with Crippen molar-refractivity contribution in [2.24, 2.45) is 0 Å². The van der Waals surface area contributed by atoms with Crippen molar-refractivity contribution in [1.29, 1.82) is 0 Å². The predicted octanol–water partition coefficient (Wildman–Crippen LogP) is 3.56. The van der Waals surface area contributed by atoms with E-state index in [2.05, 4.69) is 0 Å². The molecule has 27 heavy (non-hydrogen) atoms. The van der Waals surface area contributed by atoms with Crippen molar-refractivity contribution >= 4 is 33.2 Å². The Hall–Kier alpha value is -2.05. The molecule has 2 amide bonds. The smallest absolute Gasteiger partial charge is 0.314 e. The number of rotatable bonds is 3. The standard InChI is InChI=1S/C20H21ClN2O3S/c1-13-6-14(2)8-17(7-13)23-19-12-27(25,26)11-18(19)22(20(23)24)10-15-4-3-5-16(21)9-15/h3-9,18-19H,10-12H2,1-2H3/t18-,19+/m1/s1. The molecular formula is C20H21ClN2O3S. The summed E-state index contributed by atoms with van der Waals surface area (Å²) in [6.45, 7) is 4.30. The highest BCUT2D eigenvalue weighted by Gasteiger charge is 2.53. The lowest BCUT2D eigenvalue weighted by Gasteiger charge is -2.23. The Balaban J connectivity index is 1.73. The molecule has 2 heterocycles. The molecule has 2 aliphatic heterocycles. The van der Waals surface area contributed by atoms with Crippen LogP contribution in [0.2, 0.25) is 5.02 Å². The van der Waals surface area contributed by atoms with Gasteiger partial charge in [-0.25, -0.2) is 13.2 Å². The minimum atomic E-state index is -3.19. The van der Waals surface area contributed by atoms with E-state index in [9.17, 15) is 13.2 Å². The van der Waals surface area contributed by atoms with Gasteiger partial charge < -0.3 is 4.90 Å². The van der Waals surface area contributed by atoms with Crippen LogP contribution in [-0.4, -0.2) is 42.9 Å². The molecule has 4 rings (SSSR count). The second-order valence-corrected chi connectivity index (χ2v) is 10.1. The van der Waals surface area contributed by atoms with E-state index < -0.39 is 9.84 Å². The molecule has 2 fully saturated rings. The number of nitrogens with zero attached hydrogens (tertiary/aromatic N) is 2. The van der Waals surface area contributed by atoms with Gasteiger partial charge in [-0.15, -0.1) is 0 Å². The lowest BCUT2D eigenvalue weighted by Crippen LogP contribution is -2.37. The van der Waals surface area contributed by atoms with Crippen LogP contribution in [0.1, 0.15) is 16.7 Å². The van der Waals surface area contributed by atoms with Gasteiger partial charge in [0, 0.05) is 17.3 Å². The maximum Gasteiger partial charge on any atom is 0.325 e. The first-order chi connectivity index (χ1) is 12.7. The second-order valence-electron chi connectivity index (χ2n) is 7.47. The van der Waals surface area contributed by atoms with Gasteiger partial charge in [-0.2, -0.15) is 0 Å². The third-order valence-electron chi connectivity index (χ3n) is 5.20. The molecule has 0 aliphatic carbocycles. The minimum absolute atomic E-state index is 0.00242. The summed E-state index contributed by atoms with van der Waals surface area (Å²) in [6.07, 6.45) is 0. The zero-order valence-corrected chi connectivity index (χ0v) is 16.8. The Labute approximate surface area is 164 Å². The predicted molar refractivity (Wildman–Crippen MR) is 107 cm³/mol. The second kappa shape index (κ2) is 6.53. The summed E-state index contributed by atoms with van der Waals surface area (Å²) in [6, 6.07) is 12.4. The number of aryl methyl sites for hydroxylation is 2. The first-order valence-corrected chi connectivity index (χ1v) is 11.1. The molecule has 2 aromatic carbocycles. The molecule has 0 aromatic heterocycles. The van der Waals surface area contributed by atoms with Crippen LogP contribution in [0.25, 0.3) is 0 Å². The van der Waals surface area contributed by atoms with E-state index >= 15 is 0 Å². The highest BCUT2D eigenvalue weighted by Crippen LogP contribution is 2.36. The van der Waals surface area contributed by atoms with Crippen molar-refractivity contribution in [1.82, 2.24) is 4.90 Å². The Morgan fingerprint density at radius 2 is 1.70 bits per heavy atom. The van der Waals surface area contributed by atoms with Gasteiger partial charge in [-0.3, -0.25) is 4.90 Å². The van der Waals surface area contributed by atoms with Gasteiger partial charge in [0.15, 0.2) is 9.84 Å². The summed E-state index contributed by atoms with van der Waals surface area (Å²) >= 11 is 6.07. The van der Waals surface area contributed by atoms with Crippen molar-refractivity contribution in [3.05, 3.63) is 64.2 Å². The van der Waals surface area contributed by atoms with Crippen molar-refractivity contribution in [2.45, 2.75) is 32.5 Å². The molecule has 0 unspecified atom stereocenters. The summed E-state index contributed by atoms with van der Waals surface area (Å²) in [4.78, 5) is 16.6. The SMILES string of the molecule is Cc1cc(C)cc(N2C(=O)N(Cc3cccc(Cl)c3)[C@@H]3CS(=O)(=O)C[C@@H]32)c1. The summed E-state index contributed by atoms with van der Waals surface area (Å²) in [5.74, 6) is 0.00765. The number of benzene rings is 2. The van der Waals surface area contributed by atoms with Crippen LogP contribution in [0.4, 0.5) is 10.5 Å². The van der Waals surface area contributed by atoms with Crippen LogP contribution in [0.15, 0.2) is 42.5 Å². The zero-order valence-electron chi connectivity index (χ0n) is 15.2. The fourth-order valence-electron chi connectivity index (χ4n) is 4.19. The highest BCUT2D eigenvalue weighted by atomic mass is 35.5. The van der Waals surface area contributed by atoms with E-state index in [0.717, 1.165) is 22.4 Å². The van der Waals surface area contributed by atoms with Crippen LogP contribution >= 0.6 is 11.6 Å². The lowest BCUT2D eigenvalue weighted by molar-refractivity contribution is 0.206. The fourth-order valence-corrected chi connectivity index (χ4v) is 6.35. The van der Waals surface area contributed by atoms with Crippen molar-refractivity contribution < 1.29 is 13.2 Å². The monoisotopic (exact) mass is 404 g/mol. The summed E-state index contributed by atoms with van der Waals surface area (Å²) in [5.41, 5.74) is 3.74. The Morgan fingerprint density at radius 1 is 1.04 bits per heavy atom. The van der Waals surface area contributed by atoms with Crippen LogP contribution < -0.4 is 4.90 Å². The van der Waals surface area contributed by atoms with Crippen LogP contribution in [0.5, 0.6) is 0 Å². The van der Waals surface area contributed by atoms with Gasteiger partial charge in [0.25, 0.3) is 0 Å². The van der Waals surface area contributed by atoms with Gasteiger partial charge >= 0.3 is 6.03 Å². The van der Waals surface area contributed by atoms with Crippen LogP contribution in [-0.2, 0) is 16.4 Å². The Bertz CT molecular complexity index is 1000. The highest BCUT2D eigenvalue weighted by molar-refractivity contribution is 7.91. The van der Waals surface area contributed by atoms with Crippen LogP contribution in [0, 0.1) is 13.8 Å². The number of carbonyl (C=O) groups is 1. The first-order valence-electron chi connectivity index (χ1n) is 8.86.